The molecule has 96 heavy (non-hydrogen) atoms. The fourth-order valence-electron chi connectivity index (χ4n) is 11.2. The summed E-state index contributed by atoms with van der Waals surface area (Å²) in [5, 5.41) is 10.6. The van der Waals surface area contributed by atoms with Crippen LogP contribution in [-0.4, -0.2) is 96.7 Å². The molecule has 4 unspecified atom stereocenters. The van der Waals surface area contributed by atoms with E-state index in [4.69, 9.17) is 37.0 Å². The Kier molecular flexibility index (Phi) is 65.3. The lowest BCUT2D eigenvalue weighted by atomic mass is 9.99. The van der Waals surface area contributed by atoms with Crippen LogP contribution in [0.3, 0.4) is 0 Å². The summed E-state index contributed by atoms with van der Waals surface area (Å²) in [5.41, 5.74) is 0. The van der Waals surface area contributed by atoms with Crippen LogP contribution in [-0.2, 0) is 65.4 Å². The maximum Gasteiger partial charge on any atom is 0.472 e. The summed E-state index contributed by atoms with van der Waals surface area (Å²) in [5.74, 6) is 0.112. The van der Waals surface area contributed by atoms with Crippen molar-refractivity contribution in [3.63, 3.8) is 0 Å². The summed E-state index contributed by atoms with van der Waals surface area (Å²) in [6.07, 6.45) is 56.7. The van der Waals surface area contributed by atoms with E-state index >= 15 is 0 Å². The van der Waals surface area contributed by atoms with Crippen molar-refractivity contribution < 1.29 is 80.2 Å². The number of aliphatic hydroxyl groups is 1. The number of ether oxygens (including phenoxy) is 4. The van der Waals surface area contributed by atoms with Crippen LogP contribution in [0.2, 0.25) is 0 Å². The largest absolute Gasteiger partial charge is 0.472 e. The first kappa shape index (κ1) is 93.5. The highest BCUT2D eigenvalue weighted by Crippen LogP contribution is 2.45. The molecule has 0 aromatic heterocycles. The molecule has 0 aliphatic rings. The Balaban J connectivity index is 5.15. The summed E-state index contributed by atoms with van der Waals surface area (Å²) < 4.78 is 68.4. The van der Waals surface area contributed by atoms with Crippen LogP contribution in [0.5, 0.6) is 0 Å². The fraction of sp³-hybridized carbons (Fsp3) is 0.896. The van der Waals surface area contributed by atoms with E-state index in [-0.39, 0.29) is 25.7 Å². The van der Waals surface area contributed by atoms with E-state index in [9.17, 15) is 43.2 Å². The summed E-state index contributed by atoms with van der Waals surface area (Å²) in [6.45, 7) is 11.8. The molecule has 0 radical (unpaired) electrons. The Morgan fingerprint density at radius 2 is 0.615 bits per heavy atom. The highest BCUT2D eigenvalue weighted by molar-refractivity contribution is 7.47. The van der Waals surface area contributed by atoms with E-state index in [1.807, 2.05) is 0 Å². The Hall–Kier alpha value is -2.46. The van der Waals surface area contributed by atoms with Crippen LogP contribution in [0.15, 0.2) is 24.3 Å². The molecular formula is C77H146O17P2. The molecule has 0 saturated heterocycles. The predicted molar refractivity (Wildman–Crippen MR) is 390 cm³/mol. The molecule has 17 nitrogen and oxygen atoms in total. The highest BCUT2D eigenvalue weighted by atomic mass is 31.2. The number of carbonyl (C=O) groups is 4. The maximum atomic E-state index is 13.1. The molecule has 7 atom stereocenters. The quantitative estimate of drug-likeness (QED) is 0.0169. The number of carbonyl (C=O) groups excluding carboxylic acids is 4. The normalized spacial score (nSPS) is 14.8. The zero-order valence-electron chi connectivity index (χ0n) is 62.3. The molecule has 0 fully saturated rings. The molecule has 0 bridgehead atoms. The van der Waals surface area contributed by atoms with Crippen molar-refractivity contribution in [1.82, 2.24) is 0 Å². The van der Waals surface area contributed by atoms with Crippen LogP contribution < -0.4 is 0 Å². The van der Waals surface area contributed by atoms with Crippen molar-refractivity contribution in [3.8, 4) is 0 Å². The van der Waals surface area contributed by atoms with Gasteiger partial charge in [-0.15, -0.1) is 0 Å². The van der Waals surface area contributed by atoms with Crippen molar-refractivity contribution >= 4 is 39.5 Å². The highest BCUT2D eigenvalue weighted by Gasteiger charge is 2.30. The monoisotopic (exact) mass is 1410 g/mol. The van der Waals surface area contributed by atoms with Gasteiger partial charge in [-0.05, 0) is 69.1 Å². The number of phosphoric ester groups is 2. The summed E-state index contributed by atoms with van der Waals surface area (Å²) in [6, 6.07) is 0. The topological polar surface area (TPSA) is 237 Å². The van der Waals surface area contributed by atoms with Gasteiger partial charge in [-0.25, -0.2) is 9.13 Å². The van der Waals surface area contributed by atoms with E-state index in [0.717, 1.165) is 121 Å². The molecule has 0 spiro atoms. The van der Waals surface area contributed by atoms with Crippen LogP contribution in [0.25, 0.3) is 0 Å². The molecule has 0 aromatic carbocycles. The van der Waals surface area contributed by atoms with E-state index in [2.05, 4.69) is 72.8 Å². The van der Waals surface area contributed by atoms with Crippen molar-refractivity contribution in [1.29, 1.82) is 0 Å². The lowest BCUT2D eigenvalue weighted by molar-refractivity contribution is -0.161. The zero-order valence-corrected chi connectivity index (χ0v) is 64.1. The van der Waals surface area contributed by atoms with Gasteiger partial charge >= 0.3 is 39.5 Å². The number of unbranched alkanes of at least 4 members (excludes halogenated alkanes) is 36. The van der Waals surface area contributed by atoms with Gasteiger partial charge in [-0.3, -0.25) is 37.3 Å². The van der Waals surface area contributed by atoms with Crippen LogP contribution in [0, 0.1) is 17.8 Å². The second kappa shape index (κ2) is 67.1. The van der Waals surface area contributed by atoms with Crippen molar-refractivity contribution in [2.45, 2.75) is 388 Å². The van der Waals surface area contributed by atoms with Crippen LogP contribution in [0.4, 0.5) is 0 Å². The molecule has 0 aromatic rings. The molecule has 3 N–H and O–H groups in total. The number of aliphatic hydroxyl groups excluding tert-OH is 1. The number of allylic oxidation sites excluding steroid dienone is 4. The molecule has 0 heterocycles. The Morgan fingerprint density at radius 3 is 0.927 bits per heavy atom. The second-order valence-corrected chi connectivity index (χ2v) is 30.9. The van der Waals surface area contributed by atoms with Gasteiger partial charge in [-0.1, -0.05) is 317 Å². The second-order valence-electron chi connectivity index (χ2n) is 28.0. The SMILES string of the molecule is CCCCCC/C=C\C=C/CCCCCCCC(=O)O[C@H](COC(=O)CCCCCCCCC(C)C)COP(=O)(O)OC[C@H](O)COP(=O)(O)OC[C@@H](COC(=O)CCCCCCCCCCCCCCCCCCCCC(C)CC)OC(=O)CCCCCCCCC(C)CC. The van der Waals surface area contributed by atoms with Crippen LogP contribution >= 0.6 is 15.6 Å². The fourth-order valence-corrected chi connectivity index (χ4v) is 12.8. The molecule has 566 valence electrons. The Morgan fingerprint density at radius 1 is 0.344 bits per heavy atom. The third-order valence-corrected chi connectivity index (χ3v) is 19.9. The maximum absolute atomic E-state index is 13.1. The third kappa shape index (κ3) is 67.4. The first-order valence-corrected chi connectivity index (χ1v) is 42.2. The number of hydrogen-bond donors (Lipinski definition) is 3. The molecule has 0 aliphatic carbocycles. The molecule has 0 amide bonds. The van der Waals surface area contributed by atoms with Crippen LogP contribution in [0.1, 0.15) is 370 Å². The lowest BCUT2D eigenvalue weighted by Crippen LogP contribution is -2.30. The van der Waals surface area contributed by atoms with Crippen molar-refractivity contribution in [2.75, 3.05) is 39.6 Å². The van der Waals surface area contributed by atoms with Gasteiger partial charge in [0, 0.05) is 25.7 Å². The standard InChI is InChI=1S/C77H146O17P2/c1-8-11-12-13-14-15-16-17-22-27-30-33-36-46-53-60-76(81)93-72(65-88-75(80)59-52-45-39-37-41-48-55-68(4)5)66-91-95(83,84)89-62-71(78)63-90-96(85,86)92-67-73(94-77(82)61-54-47-40-38-43-50-57-70(7)10-3)64-87-74(79)58-51-44-35-32-29-26-24-21-19-18-20-23-25-28-31-34-42-49-56-69(6)9-2/h15-17,22,68-73,78H,8-14,18-21,23-67H2,1-7H3,(H,83,84)(H,85,86)/b16-15-,22-17-/t69?,70?,71-,72+,73+/m0/s1. The Bertz CT molecular complexity index is 1970. The number of hydrogen-bond acceptors (Lipinski definition) is 15. The minimum Gasteiger partial charge on any atom is -0.462 e. The third-order valence-electron chi connectivity index (χ3n) is 18.0. The number of phosphoric acid groups is 2. The number of rotatable bonds is 73. The number of esters is 4. The summed E-state index contributed by atoms with van der Waals surface area (Å²) in [4.78, 5) is 72.7. The van der Waals surface area contributed by atoms with Gasteiger partial charge in [0.2, 0.25) is 0 Å². The summed E-state index contributed by atoms with van der Waals surface area (Å²) in [7, 11) is -9.92. The smallest absolute Gasteiger partial charge is 0.462 e. The minimum atomic E-state index is -4.96. The van der Waals surface area contributed by atoms with Crippen molar-refractivity contribution in [3.05, 3.63) is 24.3 Å². The molecule has 19 heteroatoms. The van der Waals surface area contributed by atoms with E-state index in [0.29, 0.717) is 31.6 Å². The predicted octanol–water partition coefficient (Wildman–Crippen LogP) is 22.1. The lowest BCUT2D eigenvalue weighted by Gasteiger charge is -2.21. The Labute approximate surface area is 586 Å². The van der Waals surface area contributed by atoms with Gasteiger partial charge in [0.05, 0.1) is 26.4 Å². The molecule has 0 rings (SSSR count). The van der Waals surface area contributed by atoms with E-state index < -0.39 is 97.5 Å². The van der Waals surface area contributed by atoms with Gasteiger partial charge < -0.3 is 33.8 Å². The minimum absolute atomic E-state index is 0.0836. The molecular weight excluding hydrogens is 1260 g/mol. The average molecular weight is 1410 g/mol. The van der Waals surface area contributed by atoms with Gasteiger partial charge in [0.15, 0.2) is 12.2 Å². The van der Waals surface area contributed by atoms with E-state index in [1.165, 1.54) is 161 Å². The van der Waals surface area contributed by atoms with Gasteiger partial charge in [-0.2, -0.15) is 0 Å². The van der Waals surface area contributed by atoms with Gasteiger partial charge in [0.1, 0.15) is 19.3 Å². The first-order valence-electron chi connectivity index (χ1n) is 39.2. The van der Waals surface area contributed by atoms with Gasteiger partial charge in [0.25, 0.3) is 0 Å². The summed E-state index contributed by atoms with van der Waals surface area (Å²) >= 11 is 0. The van der Waals surface area contributed by atoms with E-state index in [1.54, 1.807) is 0 Å². The van der Waals surface area contributed by atoms with Crippen molar-refractivity contribution in [2.24, 2.45) is 17.8 Å². The zero-order chi connectivity index (χ0) is 70.9. The molecule has 0 aliphatic heterocycles. The first-order chi connectivity index (χ1) is 46.3. The molecule has 0 saturated carbocycles. The average Bonchev–Trinajstić information content (AvgIpc) is 1.18.